The lowest BCUT2D eigenvalue weighted by atomic mass is 10.3. The molecule has 0 saturated carbocycles. The molecule has 0 saturated heterocycles. The molecule has 0 fully saturated rings. The Bertz CT molecular complexity index is 360. The highest BCUT2D eigenvalue weighted by Gasteiger charge is 2.15. The van der Waals surface area contributed by atoms with Crippen LogP contribution in [0.4, 0.5) is 0 Å². The van der Waals surface area contributed by atoms with E-state index in [4.69, 9.17) is 9.63 Å². The number of pyridine rings is 1. The quantitative estimate of drug-likeness (QED) is 0.657. The lowest BCUT2D eigenvalue weighted by Crippen LogP contribution is -2.00. The van der Waals surface area contributed by atoms with Crippen LogP contribution in [-0.4, -0.2) is 16.5 Å². The smallest absolute Gasteiger partial charge is 0.478 e. The lowest BCUT2D eigenvalue weighted by molar-refractivity contribution is 0.259. The minimum Gasteiger partial charge on any atom is -0.478 e. The molecule has 0 aliphatic carbocycles. The number of hydrogen-bond donors (Lipinski definition) is 1. The van der Waals surface area contributed by atoms with Gasteiger partial charge in [0.05, 0.1) is 6.61 Å². The summed E-state index contributed by atoms with van der Waals surface area (Å²) in [6, 6.07) is 1.80. The molecule has 1 atom stereocenters. The van der Waals surface area contributed by atoms with Crippen LogP contribution in [0.2, 0.25) is 0 Å². The molecule has 1 heterocycles. The Morgan fingerprint density at radius 3 is 3.00 bits per heavy atom. The SMILES string of the molecule is CCOc1ncc(I)cc1CO[P+](=O)O. The van der Waals surface area contributed by atoms with Crippen LogP contribution in [-0.2, 0) is 15.7 Å². The molecule has 1 rings (SSSR count). The minimum absolute atomic E-state index is 0.0187. The van der Waals surface area contributed by atoms with Crippen LogP contribution in [0.3, 0.4) is 0 Å². The van der Waals surface area contributed by atoms with Gasteiger partial charge in [-0.15, -0.1) is 9.42 Å². The summed E-state index contributed by atoms with van der Waals surface area (Å²) in [5.41, 5.74) is 0.668. The van der Waals surface area contributed by atoms with Crippen molar-refractivity contribution in [2.24, 2.45) is 0 Å². The van der Waals surface area contributed by atoms with Gasteiger partial charge in [0.15, 0.2) is 0 Å². The maximum atomic E-state index is 10.4. The van der Waals surface area contributed by atoms with Gasteiger partial charge >= 0.3 is 8.25 Å². The average Bonchev–Trinajstić information content (AvgIpc) is 2.18. The Morgan fingerprint density at radius 2 is 2.40 bits per heavy atom. The Labute approximate surface area is 102 Å². The Hall–Kier alpha value is -0.300. The molecular formula is C8H10INO4P+. The van der Waals surface area contributed by atoms with Crippen LogP contribution in [0.5, 0.6) is 5.88 Å². The van der Waals surface area contributed by atoms with Crippen molar-refractivity contribution in [1.82, 2.24) is 4.98 Å². The highest BCUT2D eigenvalue weighted by atomic mass is 127. The first-order valence-corrected chi connectivity index (χ1v) is 6.40. The van der Waals surface area contributed by atoms with Crippen molar-refractivity contribution in [3.8, 4) is 5.88 Å². The summed E-state index contributed by atoms with van der Waals surface area (Å²) in [5, 5.41) is 0. The first kappa shape index (κ1) is 12.8. The molecule has 0 amide bonds. The zero-order valence-electron chi connectivity index (χ0n) is 8.01. The van der Waals surface area contributed by atoms with Crippen molar-refractivity contribution in [2.75, 3.05) is 6.61 Å². The average molecular weight is 342 g/mol. The van der Waals surface area contributed by atoms with E-state index in [1.165, 1.54) is 0 Å². The first-order chi connectivity index (χ1) is 7.13. The van der Waals surface area contributed by atoms with Crippen molar-refractivity contribution in [1.29, 1.82) is 0 Å². The van der Waals surface area contributed by atoms with Crippen molar-refractivity contribution in [3.63, 3.8) is 0 Å². The molecule has 0 bridgehead atoms. The van der Waals surface area contributed by atoms with Gasteiger partial charge in [0.1, 0.15) is 6.61 Å². The largest absolute Gasteiger partial charge is 0.695 e. The third-order valence-corrected chi connectivity index (χ3v) is 2.44. The van der Waals surface area contributed by atoms with Crippen LogP contribution < -0.4 is 4.74 Å². The molecule has 0 aromatic carbocycles. The van der Waals surface area contributed by atoms with Gasteiger partial charge in [0.25, 0.3) is 0 Å². The minimum atomic E-state index is -2.59. The van der Waals surface area contributed by atoms with Crippen molar-refractivity contribution in [3.05, 3.63) is 21.4 Å². The normalized spacial score (nSPS) is 11.3. The fourth-order valence-electron chi connectivity index (χ4n) is 0.964. The molecule has 0 radical (unpaired) electrons. The van der Waals surface area contributed by atoms with E-state index in [2.05, 4.69) is 32.1 Å². The fourth-order valence-corrected chi connectivity index (χ4v) is 1.73. The van der Waals surface area contributed by atoms with Gasteiger partial charge in [-0.2, -0.15) is 0 Å². The van der Waals surface area contributed by atoms with E-state index < -0.39 is 8.25 Å². The number of rotatable bonds is 5. The summed E-state index contributed by atoms with van der Waals surface area (Å²) in [5.74, 6) is 0.440. The molecule has 7 heteroatoms. The Balaban J connectivity index is 2.81. The summed E-state index contributed by atoms with van der Waals surface area (Å²) < 4.78 is 21.2. The number of ether oxygens (including phenoxy) is 1. The third kappa shape index (κ3) is 4.38. The Kier molecular flexibility index (Phi) is 5.38. The second-order valence-corrected chi connectivity index (χ2v) is 4.54. The second-order valence-electron chi connectivity index (χ2n) is 2.56. The molecule has 0 aliphatic rings. The standard InChI is InChI=1S/C8H9INO4P/c1-2-13-8-6(5-14-15(11)12)3-7(9)4-10-8/h3-4H,2,5H2,1H3/p+1. The van der Waals surface area contributed by atoms with E-state index in [-0.39, 0.29) is 6.61 Å². The summed E-state index contributed by atoms with van der Waals surface area (Å²) in [4.78, 5) is 12.6. The summed E-state index contributed by atoms with van der Waals surface area (Å²) in [7, 11) is -2.59. The molecule has 0 aliphatic heterocycles. The molecule has 0 spiro atoms. The highest BCUT2D eigenvalue weighted by molar-refractivity contribution is 14.1. The monoisotopic (exact) mass is 342 g/mol. The maximum absolute atomic E-state index is 10.4. The van der Waals surface area contributed by atoms with Gasteiger partial charge < -0.3 is 4.74 Å². The summed E-state index contributed by atoms with van der Waals surface area (Å²) in [6.45, 7) is 2.35. The molecule has 1 N–H and O–H groups in total. The van der Waals surface area contributed by atoms with E-state index in [1.807, 2.05) is 6.92 Å². The van der Waals surface area contributed by atoms with Crippen LogP contribution in [0.1, 0.15) is 12.5 Å². The molecule has 1 unspecified atom stereocenters. The van der Waals surface area contributed by atoms with E-state index >= 15 is 0 Å². The van der Waals surface area contributed by atoms with E-state index in [0.717, 1.165) is 3.57 Å². The van der Waals surface area contributed by atoms with Gasteiger partial charge in [0, 0.05) is 19.9 Å². The van der Waals surface area contributed by atoms with Gasteiger partial charge in [-0.3, -0.25) is 0 Å². The van der Waals surface area contributed by atoms with Crippen molar-refractivity contribution >= 4 is 30.8 Å². The lowest BCUT2D eigenvalue weighted by Gasteiger charge is -2.06. The second kappa shape index (κ2) is 6.32. The Morgan fingerprint density at radius 1 is 1.67 bits per heavy atom. The van der Waals surface area contributed by atoms with E-state index in [0.29, 0.717) is 18.1 Å². The van der Waals surface area contributed by atoms with Crippen LogP contribution in [0.25, 0.3) is 0 Å². The molecule has 1 aromatic rings. The molecule has 1 aromatic heterocycles. The molecule has 82 valence electrons. The van der Waals surface area contributed by atoms with Crippen LogP contribution >= 0.6 is 30.8 Å². The molecule has 5 nitrogen and oxygen atoms in total. The third-order valence-electron chi connectivity index (χ3n) is 1.50. The zero-order chi connectivity index (χ0) is 11.3. The van der Waals surface area contributed by atoms with Crippen LogP contribution in [0, 0.1) is 3.57 Å². The summed E-state index contributed by atoms with van der Waals surface area (Å²) >= 11 is 2.10. The number of nitrogens with zero attached hydrogens (tertiary/aromatic N) is 1. The number of hydrogen-bond acceptors (Lipinski definition) is 4. The van der Waals surface area contributed by atoms with Crippen molar-refractivity contribution in [2.45, 2.75) is 13.5 Å². The van der Waals surface area contributed by atoms with Gasteiger partial charge in [-0.25, -0.2) is 4.98 Å². The van der Waals surface area contributed by atoms with E-state index in [1.54, 1.807) is 12.3 Å². The van der Waals surface area contributed by atoms with Gasteiger partial charge in [0.2, 0.25) is 5.88 Å². The van der Waals surface area contributed by atoms with Crippen molar-refractivity contribution < 1.29 is 18.7 Å². The predicted molar refractivity (Wildman–Crippen MR) is 62.7 cm³/mol. The van der Waals surface area contributed by atoms with Gasteiger partial charge in [-0.1, -0.05) is 0 Å². The predicted octanol–water partition coefficient (Wildman–Crippen LogP) is 2.25. The van der Waals surface area contributed by atoms with E-state index in [9.17, 15) is 4.57 Å². The summed E-state index contributed by atoms with van der Waals surface area (Å²) in [6.07, 6.45) is 1.66. The number of halogens is 1. The highest BCUT2D eigenvalue weighted by Crippen LogP contribution is 2.24. The zero-order valence-corrected chi connectivity index (χ0v) is 11.1. The maximum Gasteiger partial charge on any atom is 0.695 e. The molecular weight excluding hydrogens is 332 g/mol. The first-order valence-electron chi connectivity index (χ1n) is 4.19. The topological polar surface area (TPSA) is 68.7 Å². The fraction of sp³-hybridized carbons (Fsp3) is 0.375. The van der Waals surface area contributed by atoms with Gasteiger partial charge in [-0.05, 0) is 35.6 Å². The number of aromatic nitrogens is 1. The van der Waals surface area contributed by atoms with Crippen LogP contribution in [0.15, 0.2) is 12.3 Å². The molecule has 15 heavy (non-hydrogen) atoms.